The zero-order chi connectivity index (χ0) is 19.9. The molecule has 4 rings (SSSR count). The highest BCUT2D eigenvalue weighted by Gasteiger charge is 2.50. The maximum atomic E-state index is 13.4. The van der Waals surface area contributed by atoms with Crippen LogP contribution in [0.15, 0.2) is 40.3 Å². The summed E-state index contributed by atoms with van der Waals surface area (Å²) in [5, 5.41) is 6.53. The summed E-state index contributed by atoms with van der Waals surface area (Å²) >= 11 is 0. The molecule has 1 aromatic carbocycles. The number of nitrogens with zero attached hydrogens (tertiary/aromatic N) is 4. The van der Waals surface area contributed by atoms with Gasteiger partial charge in [0.05, 0.1) is 11.9 Å². The van der Waals surface area contributed by atoms with E-state index in [1.54, 1.807) is 0 Å². The molecule has 0 saturated carbocycles. The number of carbonyl (C=O) groups is 1. The Morgan fingerprint density at radius 1 is 1.14 bits per heavy atom. The molecule has 0 radical (unpaired) electrons. The van der Waals surface area contributed by atoms with Gasteiger partial charge in [0.2, 0.25) is 0 Å². The zero-order valence-electron chi connectivity index (χ0n) is 15.4. The van der Waals surface area contributed by atoms with Gasteiger partial charge in [0.1, 0.15) is 11.9 Å². The van der Waals surface area contributed by atoms with Crippen LogP contribution >= 0.6 is 0 Å². The van der Waals surface area contributed by atoms with E-state index in [0.717, 1.165) is 49.0 Å². The first-order valence-corrected chi connectivity index (χ1v) is 9.24. The molecule has 1 saturated heterocycles. The zero-order valence-corrected chi connectivity index (χ0v) is 15.4. The minimum Gasteiger partial charge on any atom is -0.490 e. The van der Waals surface area contributed by atoms with Gasteiger partial charge in [-0.2, -0.15) is 18.3 Å². The lowest BCUT2D eigenvalue weighted by molar-refractivity contribution is -0.177. The van der Waals surface area contributed by atoms with Crippen molar-refractivity contribution < 1.29 is 22.7 Å². The van der Waals surface area contributed by atoms with Gasteiger partial charge in [-0.15, -0.1) is 5.11 Å². The number of piperidine rings is 1. The lowest BCUT2D eigenvalue weighted by atomic mass is 10.0. The van der Waals surface area contributed by atoms with Crippen molar-refractivity contribution in [2.24, 2.45) is 16.1 Å². The first-order valence-electron chi connectivity index (χ1n) is 9.24. The van der Waals surface area contributed by atoms with E-state index in [2.05, 4.69) is 22.2 Å². The van der Waals surface area contributed by atoms with Crippen LogP contribution in [-0.2, 0) is 17.9 Å². The number of carbonyl (C=O) groups excluding carboxylic acids is 1. The molecule has 150 valence electrons. The predicted molar refractivity (Wildman–Crippen MR) is 94.3 cm³/mol. The molecule has 3 aliphatic heterocycles. The number of rotatable bonds is 3. The average Bonchev–Trinajstić information content (AvgIpc) is 3.05. The average molecular weight is 394 g/mol. The second-order valence-corrected chi connectivity index (χ2v) is 7.49. The van der Waals surface area contributed by atoms with E-state index >= 15 is 0 Å². The molecular weight excluding hydrogens is 373 g/mol. The van der Waals surface area contributed by atoms with Crippen molar-refractivity contribution in [2.45, 2.75) is 38.2 Å². The van der Waals surface area contributed by atoms with Gasteiger partial charge in [-0.3, -0.25) is 4.79 Å². The largest absolute Gasteiger partial charge is 0.490 e. The molecule has 28 heavy (non-hydrogen) atoms. The second kappa shape index (κ2) is 7.20. The number of ether oxygens (including phenoxy) is 1. The molecule has 9 heteroatoms. The molecule has 0 aromatic heterocycles. The Kier molecular flexibility index (Phi) is 4.86. The maximum absolute atomic E-state index is 13.4. The number of alkyl halides is 3. The lowest BCUT2D eigenvalue weighted by Gasteiger charge is -2.29. The summed E-state index contributed by atoms with van der Waals surface area (Å²) in [6.45, 7) is 2.55. The number of hydrogen-bond donors (Lipinski definition) is 0. The summed E-state index contributed by atoms with van der Waals surface area (Å²) in [4.78, 5) is 15.5. The van der Waals surface area contributed by atoms with Gasteiger partial charge in [-0.25, -0.2) is 0 Å². The van der Waals surface area contributed by atoms with Crippen LogP contribution in [0.3, 0.4) is 0 Å². The third kappa shape index (κ3) is 3.76. The Hall–Kier alpha value is -2.42. The van der Waals surface area contributed by atoms with Crippen LogP contribution in [0.5, 0.6) is 5.75 Å². The third-order valence-electron chi connectivity index (χ3n) is 5.45. The third-order valence-corrected chi connectivity index (χ3v) is 5.45. The fraction of sp³-hybridized carbons (Fsp3) is 0.526. The number of benzene rings is 1. The van der Waals surface area contributed by atoms with Gasteiger partial charge in [-0.1, -0.05) is 6.07 Å². The summed E-state index contributed by atoms with van der Waals surface area (Å²) in [5.41, 5.74) is 1.68. The van der Waals surface area contributed by atoms with E-state index < -0.39 is 18.0 Å². The molecule has 1 aromatic rings. The molecule has 3 heterocycles. The highest BCUT2D eigenvalue weighted by Crippen LogP contribution is 2.40. The van der Waals surface area contributed by atoms with Crippen molar-refractivity contribution in [3.63, 3.8) is 0 Å². The minimum absolute atomic E-state index is 0.151. The SMILES string of the molecule is CN1CCC(Oc2ccc3c(c2)CN(C2=CN=NC(=O)C2C(F)(F)F)C3)CC1. The van der Waals surface area contributed by atoms with E-state index in [1.165, 1.54) is 4.90 Å². The summed E-state index contributed by atoms with van der Waals surface area (Å²) in [6, 6.07) is 5.64. The second-order valence-electron chi connectivity index (χ2n) is 7.49. The molecule has 0 N–H and O–H groups in total. The van der Waals surface area contributed by atoms with Crippen molar-refractivity contribution >= 4 is 5.91 Å². The smallest absolute Gasteiger partial charge is 0.406 e. The summed E-state index contributed by atoms with van der Waals surface area (Å²) in [7, 11) is 2.08. The number of halogens is 3. The molecule has 3 aliphatic rings. The first-order chi connectivity index (χ1) is 13.3. The standard InChI is InChI=1S/C19H21F3N4O2/c1-25-6-4-14(5-7-25)28-15-3-2-12-10-26(11-13(12)8-15)16-9-23-24-18(27)17(16)19(20,21)22/h2-3,8-9,14,17H,4-7,10-11H2,1H3. The highest BCUT2D eigenvalue weighted by molar-refractivity contribution is 5.83. The van der Waals surface area contributed by atoms with E-state index in [9.17, 15) is 18.0 Å². The van der Waals surface area contributed by atoms with E-state index in [4.69, 9.17) is 4.74 Å². The van der Waals surface area contributed by atoms with Crippen molar-refractivity contribution in [1.82, 2.24) is 9.80 Å². The number of azo groups is 1. The van der Waals surface area contributed by atoms with Crippen molar-refractivity contribution in [3.8, 4) is 5.75 Å². The molecule has 0 aliphatic carbocycles. The molecule has 1 atom stereocenters. The lowest BCUT2D eigenvalue weighted by Crippen LogP contribution is -2.38. The molecule has 0 bridgehead atoms. The molecule has 6 nitrogen and oxygen atoms in total. The van der Waals surface area contributed by atoms with Crippen LogP contribution in [0.25, 0.3) is 0 Å². The Labute approximate surface area is 160 Å². The van der Waals surface area contributed by atoms with Crippen molar-refractivity contribution in [1.29, 1.82) is 0 Å². The fourth-order valence-electron chi connectivity index (χ4n) is 3.90. The van der Waals surface area contributed by atoms with Crippen LogP contribution in [0.2, 0.25) is 0 Å². The number of fused-ring (bicyclic) bond motifs is 1. The number of likely N-dealkylation sites (tertiary alicyclic amines) is 1. The monoisotopic (exact) mass is 394 g/mol. The normalized spacial score (nSPS) is 23.7. The quantitative estimate of drug-likeness (QED) is 0.788. The predicted octanol–water partition coefficient (Wildman–Crippen LogP) is 3.49. The minimum atomic E-state index is -4.69. The van der Waals surface area contributed by atoms with Crippen LogP contribution in [0, 0.1) is 5.92 Å². The van der Waals surface area contributed by atoms with Gasteiger partial charge >= 0.3 is 6.18 Å². The number of hydrogen-bond acceptors (Lipinski definition) is 5. The summed E-state index contributed by atoms with van der Waals surface area (Å²) < 4.78 is 46.2. The van der Waals surface area contributed by atoms with Gasteiger partial charge in [0.25, 0.3) is 5.91 Å². The number of amides is 1. The van der Waals surface area contributed by atoms with E-state index in [0.29, 0.717) is 6.54 Å². The Bertz CT molecular complexity index is 829. The van der Waals surface area contributed by atoms with Crippen LogP contribution in [0.4, 0.5) is 13.2 Å². The summed E-state index contributed by atoms with van der Waals surface area (Å²) in [6.07, 6.45) is -1.60. The van der Waals surface area contributed by atoms with Gasteiger partial charge in [0.15, 0.2) is 5.92 Å². The van der Waals surface area contributed by atoms with Gasteiger partial charge in [0, 0.05) is 26.2 Å². The Balaban J connectivity index is 1.48. The van der Waals surface area contributed by atoms with Crippen LogP contribution in [0.1, 0.15) is 24.0 Å². The highest BCUT2D eigenvalue weighted by atomic mass is 19.4. The van der Waals surface area contributed by atoms with E-state index in [-0.39, 0.29) is 18.3 Å². The summed E-state index contributed by atoms with van der Waals surface area (Å²) in [5.74, 6) is -2.79. The Morgan fingerprint density at radius 3 is 2.57 bits per heavy atom. The maximum Gasteiger partial charge on any atom is 0.406 e. The molecular formula is C19H21F3N4O2. The van der Waals surface area contributed by atoms with Gasteiger partial charge in [-0.05, 0) is 43.1 Å². The van der Waals surface area contributed by atoms with Gasteiger partial charge < -0.3 is 14.5 Å². The topological polar surface area (TPSA) is 57.5 Å². The van der Waals surface area contributed by atoms with E-state index in [1.807, 2.05) is 18.2 Å². The van der Waals surface area contributed by atoms with Crippen molar-refractivity contribution in [2.75, 3.05) is 20.1 Å². The molecule has 1 amide bonds. The molecule has 0 spiro atoms. The van der Waals surface area contributed by atoms with Crippen LogP contribution in [-0.4, -0.2) is 48.1 Å². The first kappa shape index (κ1) is 18.9. The Morgan fingerprint density at radius 2 is 1.86 bits per heavy atom. The molecule has 1 unspecified atom stereocenters. The van der Waals surface area contributed by atoms with Crippen LogP contribution < -0.4 is 4.74 Å². The molecule has 1 fully saturated rings. The van der Waals surface area contributed by atoms with Crippen molar-refractivity contribution in [3.05, 3.63) is 41.2 Å². The fourth-order valence-corrected chi connectivity index (χ4v) is 3.90.